The highest BCUT2D eigenvalue weighted by Gasteiger charge is 2.23. The van der Waals surface area contributed by atoms with Gasteiger partial charge in [-0.25, -0.2) is 13.4 Å². The summed E-state index contributed by atoms with van der Waals surface area (Å²) in [4.78, 5) is 18.9. The number of H-pyrrole nitrogens is 1. The van der Waals surface area contributed by atoms with Crippen molar-refractivity contribution in [1.29, 1.82) is 0 Å². The molecule has 0 radical (unpaired) electrons. The maximum absolute atomic E-state index is 12.4. The van der Waals surface area contributed by atoms with Gasteiger partial charge in [0, 0.05) is 4.47 Å². The Labute approximate surface area is 147 Å². The minimum Gasteiger partial charge on any atom is -0.329 e. The fraction of sp³-hybridized carbons (Fsp3) is 0.125. The van der Waals surface area contributed by atoms with Gasteiger partial charge in [0.2, 0.25) is 20.9 Å². The van der Waals surface area contributed by atoms with E-state index in [9.17, 15) is 13.2 Å². The van der Waals surface area contributed by atoms with Gasteiger partial charge in [0.15, 0.2) is 0 Å². The monoisotopic (exact) mass is 407 g/mol. The largest absolute Gasteiger partial charge is 0.329 e. The van der Waals surface area contributed by atoms with Crippen LogP contribution in [0.4, 0.5) is 5.69 Å². The number of carbonyl (C=O) groups is 1. The Morgan fingerprint density at radius 1 is 1.25 bits per heavy atom. The standard InChI is InChI=1S/C16H14BrN3O3S/c1-10-6-7-13-14(8-10)20-16(19-13)24(22,23)9-15(21)18-12-5-3-2-4-11(12)17/h2-8H,9H2,1H3,(H,18,21)(H,19,20). The minimum atomic E-state index is -3.86. The molecule has 0 bridgehead atoms. The molecule has 2 N–H and O–H groups in total. The molecule has 0 unspecified atom stereocenters. The molecule has 0 fully saturated rings. The van der Waals surface area contributed by atoms with Gasteiger partial charge in [-0.05, 0) is 52.7 Å². The van der Waals surface area contributed by atoms with Crippen molar-refractivity contribution in [1.82, 2.24) is 9.97 Å². The number of anilines is 1. The SMILES string of the molecule is Cc1ccc2nc(S(=O)(=O)CC(=O)Nc3ccccc3Br)[nH]c2c1. The van der Waals surface area contributed by atoms with Crippen molar-refractivity contribution >= 4 is 48.4 Å². The van der Waals surface area contributed by atoms with Crippen LogP contribution in [-0.2, 0) is 14.6 Å². The second-order valence-corrected chi connectivity index (χ2v) is 8.11. The third-order valence-electron chi connectivity index (χ3n) is 3.38. The lowest BCUT2D eigenvalue weighted by atomic mass is 10.2. The number of hydrogen-bond acceptors (Lipinski definition) is 4. The van der Waals surface area contributed by atoms with E-state index in [4.69, 9.17) is 0 Å². The number of fused-ring (bicyclic) bond motifs is 1. The van der Waals surface area contributed by atoms with E-state index in [-0.39, 0.29) is 5.16 Å². The van der Waals surface area contributed by atoms with Crippen LogP contribution in [0.1, 0.15) is 5.56 Å². The number of rotatable bonds is 4. The van der Waals surface area contributed by atoms with Crippen LogP contribution in [0.3, 0.4) is 0 Å². The molecule has 0 saturated carbocycles. The molecule has 3 rings (SSSR count). The summed E-state index contributed by atoms with van der Waals surface area (Å²) >= 11 is 3.30. The normalized spacial score (nSPS) is 11.6. The Morgan fingerprint density at radius 3 is 2.75 bits per heavy atom. The molecular weight excluding hydrogens is 394 g/mol. The topological polar surface area (TPSA) is 91.9 Å². The number of aryl methyl sites for hydroxylation is 1. The molecule has 24 heavy (non-hydrogen) atoms. The molecule has 0 aliphatic heterocycles. The lowest BCUT2D eigenvalue weighted by Gasteiger charge is -2.06. The number of aromatic nitrogens is 2. The van der Waals surface area contributed by atoms with Crippen LogP contribution in [0.15, 0.2) is 52.1 Å². The van der Waals surface area contributed by atoms with E-state index in [0.29, 0.717) is 21.2 Å². The number of amides is 1. The van der Waals surface area contributed by atoms with Gasteiger partial charge in [0.05, 0.1) is 16.7 Å². The van der Waals surface area contributed by atoms with E-state index in [0.717, 1.165) is 5.56 Å². The van der Waals surface area contributed by atoms with Gasteiger partial charge < -0.3 is 10.3 Å². The van der Waals surface area contributed by atoms with Crippen LogP contribution in [-0.4, -0.2) is 30.0 Å². The number of hydrogen-bond donors (Lipinski definition) is 2. The van der Waals surface area contributed by atoms with Crippen LogP contribution in [0.25, 0.3) is 11.0 Å². The third-order valence-corrected chi connectivity index (χ3v) is 5.50. The molecule has 0 aliphatic carbocycles. The first-order valence-corrected chi connectivity index (χ1v) is 9.53. The van der Waals surface area contributed by atoms with Crippen LogP contribution >= 0.6 is 15.9 Å². The number of carbonyl (C=O) groups excluding carboxylic acids is 1. The molecule has 2 aromatic carbocycles. The summed E-state index contributed by atoms with van der Waals surface area (Å²) < 4.78 is 25.5. The second-order valence-electron chi connectivity index (χ2n) is 5.35. The zero-order valence-corrected chi connectivity index (χ0v) is 15.1. The van der Waals surface area contributed by atoms with Crippen molar-refractivity contribution in [3.63, 3.8) is 0 Å². The molecule has 6 nitrogen and oxygen atoms in total. The average Bonchev–Trinajstić information content (AvgIpc) is 2.93. The number of aromatic amines is 1. The Bertz CT molecular complexity index is 1030. The highest BCUT2D eigenvalue weighted by molar-refractivity contribution is 9.10. The number of imidazole rings is 1. The number of para-hydroxylation sites is 1. The molecule has 1 heterocycles. The Balaban J connectivity index is 1.82. The zero-order valence-electron chi connectivity index (χ0n) is 12.7. The summed E-state index contributed by atoms with van der Waals surface area (Å²) in [6, 6.07) is 12.4. The molecule has 1 aromatic heterocycles. The van der Waals surface area contributed by atoms with E-state index < -0.39 is 21.5 Å². The molecule has 0 saturated heterocycles. The van der Waals surface area contributed by atoms with Gasteiger partial charge in [-0.2, -0.15) is 0 Å². The van der Waals surface area contributed by atoms with Gasteiger partial charge in [-0.15, -0.1) is 0 Å². The maximum atomic E-state index is 12.4. The fourth-order valence-corrected chi connectivity index (χ4v) is 3.68. The van der Waals surface area contributed by atoms with E-state index in [2.05, 4.69) is 31.2 Å². The summed E-state index contributed by atoms with van der Waals surface area (Å²) in [5.41, 5.74) is 2.67. The van der Waals surface area contributed by atoms with Crippen LogP contribution in [0.5, 0.6) is 0 Å². The summed E-state index contributed by atoms with van der Waals surface area (Å²) in [7, 11) is -3.86. The van der Waals surface area contributed by atoms with Crippen molar-refractivity contribution in [3.8, 4) is 0 Å². The average molecular weight is 408 g/mol. The van der Waals surface area contributed by atoms with Crippen LogP contribution < -0.4 is 5.32 Å². The Hall–Kier alpha value is -2.19. The summed E-state index contributed by atoms with van der Waals surface area (Å²) in [6.07, 6.45) is 0. The van der Waals surface area contributed by atoms with Gasteiger partial charge in [0.25, 0.3) is 0 Å². The van der Waals surface area contributed by atoms with Gasteiger partial charge in [-0.3, -0.25) is 4.79 Å². The number of benzene rings is 2. The predicted molar refractivity (Wildman–Crippen MR) is 95.7 cm³/mol. The summed E-state index contributed by atoms with van der Waals surface area (Å²) in [6.45, 7) is 1.90. The first-order chi connectivity index (χ1) is 11.3. The minimum absolute atomic E-state index is 0.203. The Morgan fingerprint density at radius 2 is 2.00 bits per heavy atom. The van der Waals surface area contributed by atoms with Crippen molar-refractivity contribution in [2.75, 3.05) is 11.1 Å². The number of nitrogens with one attached hydrogen (secondary N) is 2. The highest BCUT2D eigenvalue weighted by atomic mass is 79.9. The molecule has 3 aromatic rings. The molecule has 1 amide bonds. The molecule has 124 valence electrons. The van der Waals surface area contributed by atoms with Crippen molar-refractivity contribution < 1.29 is 13.2 Å². The first-order valence-electron chi connectivity index (χ1n) is 7.09. The molecule has 0 aliphatic rings. The quantitative estimate of drug-likeness (QED) is 0.694. The van der Waals surface area contributed by atoms with E-state index in [1.807, 2.05) is 19.1 Å². The van der Waals surface area contributed by atoms with Gasteiger partial charge >= 0.3 is 0 Å². The molecule has 0 atom stereocenters. The first kappa shape index (κ1) is 16.7. The number of halogens is 1. The lowest BCUT2D eigenvalue weighted by molar-refractivity contribution is -0.113. The highest BCUT2D eigenvalue weighted by Crippen LogP contribution is 2.22. The number of sulfone groups is 1. The van der Waals surface area contributed by atoms with Crippen molar-refractivity contribution in [3.05, 3.63) is 52.5 Å². The van der Waals surface area contributed by atoms with Crippen molar-refractivity contribution in [2.24, 2.45) is 0 Å². The predicted octanol–water partition coefficient (Wildman–Crippen LogP) is 3.05. The lowest BCUT2D eigenvalue weighted by Crippen LogP contribution is -2.23. The fourth-order valence-electron chi connectivity index (χ4n) is 2.24. The smallest absolute Gasteiger partial charge is 0.240 e. The van der Waals surface area contributed by atoms with Crippen LogP contribution in [0.2, 0.25) is 0 Å². The van der Waals surface area contributed by atoms with E-state index >= 15 is 0 Å². The summed E-state index contributed by atoms with van der Waals surface area (Å²) in [5, 5.41) is 2.37. The second kappa shape index (κ2) is 6.37. The van der Waals surface area contributed by atoms with Crippen molar-refractivity contribution in [2.45, 2.75) is 12.1 Å². The summed E-state index contributed by atoms with van der Waals surface area (Å²) in [5.74, 6) is -1.31. The van der Waals surface area contributed by atoms with Crippen LogP contribution in [0, 0.1) is 6.92 Å². The van der Waals surface area contributed by atoms with E-state index in [1.54, 1.807) is 30.3 Å². The Kier molecular flexibility index (Phi) is 4.42. The maximum Gasteiger partial charge on any atom is 0.240 e. The molecular formula is C16H14BrN3O3S. The molecule has 8 heteroatoms. The zero-order chi connectivity index (χ0) is 17.3. The molecule has 0 spiro atoms. The van der Waals surface area contributed by atoms with Gasteiger partial charge in [0.1, 0.15) is 5.75 Å². The number of nitrogens with zero attached hydrogens (tertiary/aromatic N) is 1. The van der Waals surface area contributed by atoms with Gasteiger partial charge in [-0.1, -0.05) is 18.2 Å². The van der Waals surface area contributed by atoms with E-state index in [1.165, 1.54) is 0 Å². The third kappa shape index (κ3) is 3.49.